The van der Waals surface area contributed by atoms with Crippen LogP contribution in [0.25, 0.3) is 5.57 Å². The van der Waals surface area contributed by atoms with Crippen LogP contribution in [-0.2, 0) is 11.2 Å². The summed E-state index contributed by atoms with van der Waals surface area (Å²) in [6.45, 7) is 2.61. The second kappa shape index (κ2) is 8.40. The number of nitrogens with two attached hydrogens (primary N) is 1. The van der Waals surface area contributed by atoms with Crippen LogP contribution in [0.5, 0.6) is 0 Å². The number of pyridine rings is 1. The third-order valence-corrected chi connectivity index (χ3v) is 8.24. The number of allylic oxidation sites excluding steroid dienone is 2. The van der Waals surface area contributed by atoms with Gasteiger partial charge in [-0.3, -0.25) is 14.6 Å². The number of amides is 2. The van der Waals surface area contributed by atoms with Gasteiger partial charge in [-0.25, -0.2) is 4.39 Å². The Bertz CT molecular complexity index is 1140. The molecule has 0 aliphatic heterocycles. The molecule has 0 spiro atoms. The lowest BCUT2D eigenvalue weighted by molar-refractivity contribution is -0.117. The van der Waals surface area contributed by atoms with Crippen molar-refractivity contribution in [3.8, 4) is 0 Å². The number of hydrogen-bond donors (Lipinski definition) is 2. The lowest BCUT2D eigenvalue weighted by Crippen LogP contribution is -2.41. The molecule has 3 aliphatic carbocycles. The number of primary amides is 1. The van der Waals surface area contributed by atoms with Gasteiger partial charge in [-0.05, 0) is 95.7 Å². The number of nitrogens with one attached hydrogen (secondary N) is 1. The molecule has 5 rings (SSSR count). The summed E-state index contributed by atoms with van der Waals surface area (Å²) < 4.78 is 13.9. The Morgan fingerprint density at radius 3 is 2.88 bits per heavy atom. The van der Waals surface area contributed by atoms with Crippen LogP contribution in [0.4, 0.5) is 4.39 Å². The molecule has 5 nitrogen and oxygen atoms in total. The van der Waals surface area contributed by atoms with Gasteiger partial charge in [0.1, 0.15) is 5.82 Å². The minimum absolute atomic E-state index is 0.0500. The molecule has 1 aromatic carbocycles. The zero-order chi connectivity index (χ0) is 23.2. The van der Waals surface area contributed by atoms with Gasteiger partial charge in [0.2, 0.25) is 5.91 Å². The van der Waals surface area contributed by atoms with Gasteiger partial charge in [-0.1, -0.05) is 19.1 Å². The van der Waals surface area contributed by atoms with E-state index in [-0.39, 0.29) is 30.1 Å². The summed E-state index contributed by atoms with van der Waals surface area (Å²) in [5.74, 6) is 0.758. The van der Waals surface area contributed by atoms with E-state index in [9.17, 15) is 14.0 Å². The number of aromatic nitrogens is 1. The fourth-order valence-electron chi connectivity index (χ4n) is 6.70. The molecule has 1 heterocycles. The summed E-state index contributed by atoms with van der Waals surface area (Å²) in [7, 11) is 0. The van der Waals surface area contributed by atoms with Gasteiger partial charge in [-0.15, -0.1) is 0 Å². The minimum Gasteiger partial charge on any atom is -0.370 e. The zero-order valence-electron chi connectivity index (χ0n) is 18.9. The first-order valence-corrected chi connectivity index (χ1v) is 11.9. The normalized spacial score (nSPS) is 27.7. The molecule has 172 valence electrons. The van der Waals surface area contributed by atoms with E-state index in [2.05, 4.69) is 29.4 Å². The van der Waals surface area contributed by atoms with Gasteiger partial charge < -0.3 is 11.1 Å². The molecule has 3 N–H and O–H groups in total. The molecular weight excluding hydrogens is 417 g/mol. The second-order valence-electron chi connectivity index (χ2n) is 10.0. The Kier molecular flexibility index (Phi) is 5.55. The number of benzene rings is 1. The summed E-state index contributed by atoms with van der Waals surface area (Å²) >= 11 is 0. The van der Waals surface area contributed by atoms with Crippen LogP contribution in [0.15, 0.2) is 42.7 Å². The summed E-state index contributed by atoms with van der Waals surface area (Å²) in [6.07, 6.45) is 10.8. The van der Waals surface area contributed by atoms with E-state index in [1.807, 2.05) is 12.1 Å². The highest BCUT2D eigenvalue weighted by atomic mass is 19.1. The highest BCUT2D eigenvalue weighted by Gasteiger charge is 2.52. The lowest BCUT2D eigenvalue weighted by Gasteiger charge is -2.50. The number of carbonyl (C=O) groups excluding carboxylic acids is 2. The fraction of sp³-hybridized carbons (Fsp3) is 0.444. The molecule has 3 aliphatic rings. The maximum atomic E-state index is 13.9. The number of rotatable bonds is 5. The first-order valence-electron chi connectivity index (χ1n) is 11.9. The average Bonchev–Trinajstić information content (AvgIpc) is 3.15. The molecule has 1 fully saturated rings. The van der Waals surface area contributed by atoms with E-state index < -0.39 is 5.91 Å². The molecule has 0 bridgehead atoms. The lowest BCUT2D eigenvalue weighted by atomic mass is 9.54. The standard InChI is InChI=1S/C27H30FN3O2/c1-27-10-8-21-20-4-3-17(26(33)31-11-9-25(29)32)12-16(20)2-5-22(21)24(27)7-6-23(27)18-13-19(28)15-30-14-18/h3-4,6,12-15,21-22,24H,2,5,7-11H2,1H3,(H2,29,32)(H,31,33)/t21-,22-,24+,27-/m1/s1. The van der Waals surface area contributed by atoms with E-state index in [4.69, 9.17) is 5.73 Å². The van der Waals surface area contributed by atoms with E-state index in [0.717, 1.165) is 37.7 Å². The number of aryl methyl sites for hydroxylation is 1. The summed E-state index contributed by atoms with van der Waals surface area (Å²) in [4.78, 5) is 27.5. The van der Waals surface area contributed by atoms with Crippen molar-refractivity contribution in [1.82, 2.24) is 10.3 Å². The molecule has 0 saturated heterocycles. The number of fused-ring (bicyclic) bond motifs is 5. The second-order valence-corrected chi connectivity index (χ2v) is 10.0. The van der Waals surface area contributed by atoms with Crippen molar-refractivity contribution in [3.05, 3.63) is 70.8 Å². The van der Waals surface area contributed by atoms with Crippen molar-refractivity contribution in [2.75, 3.05) is 6.54 Å². The van der Waals surface area contributed by atoms with Crippen LogP contribution in [0.1, 0.15) is 72.0 Å². The Labute approximate surface area is 193 Å². The van der Waals surface area contributed by atoms with Crippen molar-refractivity contribution in [2.24, 2.45) is 23.0 Å². The third kappa shape index (κ3) is 3.85. The molecule has 33 heavy (non-hydrogen) atoms. The molecule has 2 amide bonds. The Balaban J connectivity index is 1.34. The van der Waals surface area contributed by atoms with Crippen molar-refractivity contribution in [2.45, 2.75) is 51.4 Å². The highest BCUT2D eigenvalue weighted by Crippen LogP contribution is 2.63. The van der Waals surface area contributed by atoms with Crippen LogP contribution < -0.4 is 11.1 Å². The zero-order valence-corrected chi connectivity index (χ0v) is 18.9. The molecule has 1 aromatic heterocycles. The molecule has 0 radical (unpaired) electrons. The minimum atomic E-state index is -0.422. The first-order chi connectivity index (χ1) is 15.9. The highest BCUT2D eigenvalue weighted by molar-refractivity contribution is 5.94. The predicted molar refractivity (Wildman–Crippen MR) is 125 cm³/mol. The van der Waals surface area contributed by atoms with E-state index in [0.29, 0.717) is 23.3 Å². The van der Waals surface area contributed by atoms with Crippen molar-refractivity contribution in [1.29, 1.82) is 0 Å². The number of carbonyl (C=O) groups is 2. The van der Waals surface area contributed by atoms with E-state index >= 15 is 0 Å². The van der Waals surface area contributed by atoms with E-state index in [1.54, 1.807) is 12.3 Å². The largest absolute Gasteiger partial charge is 0.370 e. The van der Waals surface area contributed by atoms with Crippen molar-refractivity contribution in [3.63, 3.8) is 0 Å². The Morgan fingerprint density at radius 1 is 1.24 bits per heavy atom. The molecule has 2 aromatic rings. The topological polar surface area (TPSA) is 85.1 Å². The Morgan fingerprint density at radius 2 is 2.09 bits per heavy atom. The van der Waals surface area contributed by atoms with Crippen LogP contribution in [0.3, 0.4) is 0 Å². The van der Waals surface area contributed by atoms with Gasteiger partial charge >= 0.3 is 0 Å². The molecular formula is C27H30FN3O2. The first kappa shape index (κ1) is 21.8. The number of hydrogen-bond acceptors (Lipinski definition) is 3. The van der Waals surface area contributed by atoms with Gasteiger partial charge in [0.15, 0.2) is 0 Å². The molecule has 6 heteroatoms. The summed E-state index contributed by atoms with van der Waals surface area (Å²) in [5, 5.41) is 2.77. The SMILES string of the molecule is C[C@]12CC[C@@H]3c4ccc(C(=O)NCCC(N)=O)cc4CC[C@H]3[C@@H]1CC=C2c1cncc(F)c1. The molecule has 0 unspecified atom stereocenters. The van der Waals surface area contributed by atoms with Crippen LogP contribution in [-0.4, -0.2) is 23.3 Å². The quantitative estimate of drug-likeness (QED) is 0.714. The van der Waals surface area contributed by atoms with Gasteiger partial charge in [0.25, 0.3) is 5.91 Å². The van der Waals surface area contributed by atoms with Gasteiger partial charge in [-0.2, -0.15) is 0 Å². The van der Waals surface area contributed by atoms with Gasteiger partial charge in [0.05, 0.1) is 6.20 Å². The Hall–Kier alpha value is -3.02. The smallest absolute Gasteiger partial charge is 0.251 e. The third-order valence-electron chi connectivity index (χ3n) is 8.24. The molecule has 1 saturated carbocycles. The number of nitrogens with zero attached hydrogens (tertiary/aromatic N) is 1. The summed E-state index contributed by atoms with van der Waals surface area (Å²) in [6, 6.07) is 7.68. The maximum Gasteiger partial charge on any atom is 0.251 e. The predicted octanol–water partition coefficient (Wildman–Crippen LogP) is 4.38. The van der Waals surface area contributed by atoms with Crippen LogP contribution in [0.2, 0.25) is 0 Å². The van der Waals surface area contributed by atoms with Crippen LogP contribution in [0, 0.1) is 23.1 Å². The monoisotopic (exact) mass is 447 g/mol. The van der Waals surface area contributed by atoms with Crippen molar-refractivity contribution >= 4 is 17.4 Å². The van der Waals surface area contributed by atoms with Gasteiger partial charge in [0, 0.05) is 24.7 Å². The van der Waals surface area contributed by atoms with Crippen LogP contribution >= 0.6 is 0 Å². The fourth-order valence-corrected chi connectivity index (χ4v) is 6.70. The van der Waals surface area contributed by atoms with E-state index in [1.165, 1.54) is 22.9 Å². The summed E-state index contributed by atoms with van der Waals surface area (Å²) in [5.41, 5.74) is 10.7. The van der Waals surface area contributed by atoms with Crippen molar-refractivity contribution < 1.29 is 14.0 Å². The molecule has 4 atom stereocenters. The maximum absolute atomic E-state index is 13.9. The number of halogens is 1. The average molecular weight is 448 g/mol.